The molecule has 1 rings (SSSR count). The molecule has 0 aliphatic carbocycles. The summed E-state index contributed by atoms with van der Waals surface area (Å²) in [4.78, 5) is 2.19. The normalized spacial score (nSPS) is 11.5. The Bertz CT molecular complexity index is 308. The molecule has 0 bridgehead atoms. The number of benzene rings is 1. The van der Waals surface area contributed by atoms with Gasteiger partial charge in [-0.15, -0.1) is 24.8 Å². The quantitative estimate of drug-likeness (QED) is 0.865. The lowest BCUT2D eigenvalue weighted by atomic mass is 10.0. The molecule has 3 nitrogen and oxygen atoms in total. The molecule has 2 N–H and O–H groups in total. The highest BCUT2D eigenvalue weighted by Gasteiger charge is 2.11. The summed E-state index contributed by atoms with van der Waals surface area (Å²) in [6.45, 7) is 0.947. The van der Waals surface area contributed by atoms with Gasteiger partial charge in [-0.2, -0.15) is 0 Å². The molecular weight excluding hydrogens is 259 g/mol. The lowest BCUT2D eigenvalue weighted by Gasteiger charge is -2.24. The first-order valence-electron chi connectivity index (χ1n) is 5.22. The molecule has 0 fully saturated rings. The second-order valence-electron chi connectivity index (χ2n) is 4.05. The van der Waals surface area contributed by atoms with E-state index in [1.54, 1.807) is 6.07 Å². The van der Waals surface area contributed by atoms with E-state index in [0.29, 0.717) is 11.8 Å². The summed E-state index contributed by atoms with van der Waals surface area (Å²) in [5.41, 5.74) is 1.17. The minimum atomic E-state index is 0. The van der Waals surface area contributed by atoms with Crippen molar-refractivity contribution in [2.45, 2.75) is 12.5 Å². The zero-order chi connectivity index (χ0) is 11.3. The van der Waals surface area contributed by atoms with Crippen molar-refractivity contribution in [3.63, 3.8) is 0 Å². The fourth-order valence-electron chi connectivity index (χ4n) is 1.63. The summed E-state index contributed by atoms with van der Waals surface area (Å²) in [6.07, 6.45) is 0.947. The minimum Gasteiger partial charge on any atom is -0.508 e. The highest BCUT2D eigenvalue weighted by Crippen LogP contribution is 2.13. The van der Waals surface area contributed by atoms with E-state index >= 15 is 0 Å². The van der Waals surface area contributed by atoms with Crippen LogP contribution in [-0.4, -0.2) is 43.7 Å². The van der Waals surface area contributed by atoms with Gasteiger partial charge < -0.3 is 15.3 Å². The standard InChI is InChI=1S/C12H20N2O.2ClH/c1-13-9-11(14(2)3)7-10-5-4-6-12(15)8-10;;/h4-6,8,11,13,15H,7,9H2,1-3H3;2*1H/t11-;;/m0../s1. The van der Waals surface area contributed by atoms with Gasteiger partial charge in [-0.1, -0.05) is 12.1 Å². The van der Waals surface area contributed by atoms with Gasteiger partial charge in [-0.05, 0) is 45.3 Å². The van der Waals surface area contributed by atoms with Crippen molar-refractivity contribution in [1.82, 2.24) is 10.2 Å². The Balaban J connectivity index is 0. The predicted octanol–water partition coefficient (Wildman–Crippen LogP) is 1.93. The van der Waals surface area contributed by atoms with E-state index in [0.717, 1.165) is 13.0 Å². The second kappa shape index (κ2) is 9.54. The van der Waals surface area contributed by atoms with Crippen molar-refractivity contribution in [2.75, 3.05) is 27.7 Å². The summed E-state index contributed by atoms with van der Waals surface area (Å²) in [5.74, 6) is 0.342. The number of phenolic OH excluding ortho intramolecular Hbond substituents is 1. The van der Waals surface area contributed by atoms with Crippen LogP contribution >= 0.6 is 24.8 Å². The zero-order valence-electron chi connectivity index (χ0n) is 10.5. The van der Waals surface area contributed by atoms with Crippen LogP contribution < -0.4 is 5.32 Å². The van der Waals surface area contributed by atoms with Gasteiger partial charge in [0.1, 0.15) is 5.75 Å². The van der Waals surface area contributed by atoms with Gasteiger partial charge in [0.15, 0.2) is 0 Å². The smallest absolute Gasteiger partial charge is 0.115 e. The predicted molar refractivity (Wildman–Crippen MR) is 77.7 cm³/mol. The maximum absolute atomic E-state index is 9.37. The van der Waals surface area contributed by atoms with E-state index in [4.69, 9.17) is 0 Å². The highest BCUT2D eigenvalue weighted by atomic mass is 35.5. The first-order valence-corrected chi connectivity index (χ1v) is 5.22. The van der Waals surface area contributed by atoms with Crippen molar-refractivity contribution < 1.29 is 5.11 Å². The third-order valence-electron chi connectivity index (χ3n) is 2.55. The van der Waals surface area contributed by atoms with E-state index in [2.05, 4.69) is 24.3 Å². The molecule has 0 spiro atoms. The Hall–Kier alpha value is -0.480. The van der Waals surface area contributed by atoms with Gasteiger partial charge in [0.05, 0.1) is 0 Å². The third kappa shape index (κ3) is 6.74. The zero-order valence-corrected chi connectivity index (χ0v) is 12.1. The fraction of sp³-hybridized carbons (Fsp3) is 0.500. The Morgan fingerprint density at radius 2 is 1.94 bits per heavy atom. The SMILES string of the molecule is CNC[C@H](Cc1cccc(O)c1)N(C)C.Cl.Cl. The number of likely N-dealkylation sites (N-methyl/N-ethyl adjacent to an activating group) is 2. The number of hydrogen-bond donors (Lipinski definition) is 2. The maximum Gasteiger partial charge on any atom is 0.115 e. The largest absolute Gasteiger partial charge is 0.508 e. The molecule has 0 unspecified atom stereocenters. The van der Waals surface area contributed by atoms with Crippen LogP contribution in [0.1, 0.15) is 5.56 Å². The Morgan fingerprint density at radius 1 is 1.29 bits per heavy atom. The molecular formula is C12H22Cl2N2O. The van der Waals surface area contributed by atoms with Crippen LogP contribution in [0.3, 0.4) is 0 Å². The number of nitrogens with zero attached hydrogens (tertiary/aromatic N) is 1. The van der Waals surface area contributed by atoms with E-state index in [-0.39, 0.29) is 24.8 Å². The van der Waals surface area contributed by atoms with Gasteiger partial charge in [-0.3, -0.25) is 0 Å². The molecule has 0 saturated heterocycles. The van der Waals surface area contributed by atoms with Crippen molar-refractivity contribution >= 4 is 24.8 Å². The van der Waals surface area contributed by atoms with Crippen molar-refractivity contribution in [3.8, 4) is 5.75 Å². The Morgan fingerprint density at radius 3 is 2.41 bits per heavy atom. The van der Waals surface area contributed by atoms with Crippen LogP contribution in [-0.2, 0) is 6.42 Å². The molecule has 5 heteroatoms. The monoisotopic (exact) mass is 280 g/mol. The lowest BCUT2D eigenvalue weighted by molar-refractivity contribution is 0.286. The molecule has 1 aromatic rings. The Kier molecular flexibility index (Phi) is 10.6. The van der Waals surface area contributed by atoms with Crippen LogP contribution in [0.15, 0.2) is 24.3 Å². The lowest BCUT2D eigenvalue weighted by Crippen LogP contribution is -2.38. The van der Waals surface area contributed by atoms with Gasteiger partial charge in [0, 0.05) is 12.6 Å². The average molecular weight is 281 g/mol. The van der Waals surface area contributed by atoms with Crippen molar-refractivity contribution in [3.05, 3.63) is 29.8 Å². The van der Waals surface area contributed by atoms with Crippen LogP contribution in [0.4, 0.5) is 0 Å². The second-order valence-corrected chi connectivity index (χ2v) is 4.05. The molecule has 1 atom stereocenters. The highest BCUT2D eigenvalue weighted by molar-refractivity contribution is 5.85. The third-order valence-corrected chi connectivity index (χ3v) is 2.55. The first-order chi connectivity index (χ1) is 7.13. The number of rotatable bonds is 5. The topological polar surface area (TPSA) is 35.5 Å². The van der Waals surface area contributed by atoms with E-state index in [1.165, 1.54) is 5.56 Å². The van der Waals surface area contributed by atoms with Crippen molar-refractivity contribution in [2.24, 2.45) is 0 Å². The van der Waals surface area contributed by atoms with Crippen LogP contribution in [0.2, 0.25) is 0 Å². The Labute approximate surface area is 116 Å². The van der Waals surface area contributed by atoms with E-state index in [1.807, 2.05) is 25.2 Å². The molecule has 0 aromatic heterocycles. The average Bonchev–Trinajstić information content (AvgIpc) is 2.17. The van der Waals surface area contributed by atoms with Gasteiger partial charge >= 0.3 is 0 Å². The molecule has 0 heterocycles. The van der Waals surface area contributed by atoms with E-state index < -0.39 is 0 Å². The molecule has 0 saturated carbocycles. The van der Waals surface area contributed by atoms with E-state index in [9.17, 15) is 5.11 Å². The minimum absolute atomic E-state index is 0. The van der Waals surface area contributed by atoms with Gasteiger partial charge in [0.25, 0.3) is 0 Å². The number of phenols is 1. The number of aromatic hydroxyl groups is 1. The number of hydrogen-bond acceptors (Lipinski definition) is 3. The molecule has 0 radical (unpaired) electrons. The number of nitrogens with one attached hydrogen (secondary N) is 1. The van der Waals surface area contributed by atoms with Crippen LogP contribution in [0, 0.1) is 0 Å². The fourth-order valence-corrected chi connectivity index (χ4v) is 1.63. The summed E-state index contributed by atoms with van der Waals surface area (Å²) < 4.78 is 0. The number of halogens is 2. The van der Waals surface area contributed by atoms with Gasteiger partial charge in [-0.25, -0.2) is 0 Å². The van der Waals surface area contributed by atoms with Crippen LogP contribution in [0.5, 0.6) is 5.75 Å². The summed E-state index contributed by atoms with van der Waals surface area (Å²) in [7, 11) is 6.11. The molecule has 17 heavy (non-hydrogen) atoms. The maximum atomic E-state index is 9.37. The summed E-state index contributed by atoms with van der Waals surface area (Å²) in [6, 6.07) is 7.91. The van der Waals surface area contributed by atoms with Crippen LogP contribution in [0.25, 0.3) is 0 Å². The molecule has 1 aromatic carbocycles. The summed E-state index contributed by atoms with van der Waals surface area (Å²) in [5, 5.41) is 12.5. The summed E-state index contributed by atoms with van der Waals surface area (Å²) >= 11 is 0. The molecule has 0 aliphatic rings. The van der Waals surface area contributed by atoms with Crippen molar-refractivity contribution in [1.29, 1.82) is 0 Å². The molecule has 0 aliphatic heterocycles. The molecule has 100 valence electrons. The molecule has 0 amide bonds. The first kappa shape index (κ1) is 18.9. The van der Waals surface area contributed by atoms with Gasteiger partial charge in [0.2, 0.25) is 0 Å².